The molecule has 1 aliphatic heterocycles. The van der Waals surface area contributed by atoms with Crippen LogP contribution < -0.4 is 5.32 Å². The number of amides is 1. The molecule has 0 aliphatic carbocycles. The maximum Gasteiger partial charge on any atom is 0.257 e. The van der Waals surface area contributed by atoms with E-state index in [2.05, 4.69) is 10.3 Å². The quantitative estimate of drug-likeness (QED) is 0.910. The zero-order valence-electron chi connectivity index (χ0n) is 14.1. The number of carbonyl (C=O) groups is 1. The second kappa shape index (κ2) is 6.91. The summed E-state index contributed by atoms with van der Waals surface area (Å²) >= 11 is 0. The monoisotopic (exact) mass is 325 g/mol. The van der Waals surface area contributed by atoms with E-state index in [9.17, 15) is 9.90 Å². The van der Waals surface area contributed by atoms with Crippen molar-refractivity contribution in [2.24, 2.45) is 0 Å². The van der Waals surface area contributed by atoms with Gasteiger partial charge in [0, 0.05) is 31.5 Å². The van der Waals surface area contributed by atoms with Crippen LogP contribution in [0.5, 0.6) is 5.75 Å². The minimum atomic E-state index is -0.0841. The first-order valence-electron chi connectivity index (χ1n) is 8.30. The van der Waals surface area contributed by atoms with Gasteiger partial charge in [-0.3, -0.25) is 9.78 Å². The van der Waals surface area contributed by atoms with Crippen molar-refractivity contribution in [2.45, 2.75) is 32.7 Å². The molecule has 5 heteroatoms. The molecule has 2 aromatic rings. The van der Waals surface area contributed by atoms with E-state index >= 15 is 0 Å². The number of carbonyl (C=O) groups excluding carboxylic acids is 1. The lowest BCUT2D eigenvalue weighted by Crippen LogP contribution is -2.42. The number of likely N-dealkylation sites (tertiary alicyclic amines) is 1. The lowest BCUT2D eigenvalue weighted by molar-refractivity contribution is 0.0715. The smallest absolute Gasteiger partial charge is 0.257 e. The van der Waals surface area contributed by atoms with E-state index in [-0.39, 0.29) is 11.7 Å². The fourth-order valence-electron chi connectivity index (χ4n) is 3.20. The molecule has 0 spiro atoms. The average molecular weight is 325 g/mol. The molecule has 1 saturated heterocycles. The summed E-state index contributed by atoms with van der Waals surface area (Å²) in [6, 6.07) is 7.90. The van der Waals surface area contributed by atoms with Gasteiger partial charge in [-0.05, 0) is 56.0 Å². The Morgan fingerprint density at radius 2 is 2.04 bits per heavy atom. The Balaban J connectivity index is 1.63. The van der Waals surface area contributed by atoms with Gasteiger partial charge in [-0.2, -0.15) is 0 Å². The van der Waals surface area contributed by atoms with Crippen molar-refractivity contribution in [3.63, 3.8) is 0 Å². The first-order chi connectivity index (χ1) is 11.5. The molecule has 0 radical (unpaired) electrons. The van der Waals surface area contributed by atoms with E-state index in [4.69, 9.17) is 0 Å². The summed E-state index contributed by atoms with van der Waals surface area (Å²) in [5, 5.41) is 13.7. The van der Waals surface area contributed by atoms with Crippen molar-refractivity contribution >= 4 is 11.6 Å². The van der Waals surface area contributed by atoms with E-state index in [1.807, 2.05) is 43.1 Å². The van der Waals surface area contributed by atoms with Gasteiger partial charge in [-0.25, -0.2) is 0 Å². The van der Waals surface area contributed by atoms with Gasteiger partial charge in [-0.15, -0.1) is 0 Å². The van der Waals surface area contributed by atoms with Gasteiger partial charge in [0.1, 0.15) is 5.75 Å². The number of benzene rings is 1. The number of nitrogens with zero attached hydrogens (tertiary/aromatic N) is 2. The number of aryl methyl sites for hydroxylation is 2. The van der Waals surface area contributed by atoms with Crippen LogP contribution in [-0.4, -0.2) is 40.0 Å². The van der Waals surface area contributed by atoms with Crippen LogP contribution in [0.4, 0.5) is 5.69 Å². The molecule has 1 aromatic heterocycles. The van der Waals surface area contributed by atoms with E-state index in [0.29, 0.717) is 24.7 Å². The number of phenolic OH excluding ortho intramolecular Hbond substituents is 1. The maximum absolute atomic E-state index is 12.7. The second-order valence-corrected chi connectivity index (χ2v) is 6.43. The third-order valence-electron chi connectivity index (χ3n) is 4.49. The summed E-state index contributed by atoms with van der Waals surface area (Å²) in [4.78, 5) is 18.7. The van der Waals surface area contributed by atoms with Crippen LogP contribution in [0.2, 0.25) is 0 Å². The molecule has 5 nitrogen and oxygen atoms in total. The van der Waals surface area contributed by atoms with Crippen LogP contribution in [-0.2, 0) is 0 Å². The topological polar surface area (TPSA) is 65.5 Å². The minimum absolute atomic E-state index is 0.0841. The highest BCUT2D eigenvalue weighted by Crippen LogP contribution is 2.26. The molecule has 126 valence electrons. The number of rotatable bonds is 3. The second-order valence-electron chi connectivity index (χ2n) is 6.43. The van der Waals surface area contributed by atoms with Crippen LogP contribution >= 0.6 is 0 Å². The van der Waals surface area contributed by atoms with Gasteiger partial charge < -0.3 is 15.3 Å². The zero-order valence-corrected chi connectivity index (χ0v) is 14.1. The Kier molecular flexibility index (Phi) is 4.69. The standard InChI is InChI=1S/C19H23N3O2/c1-13-10-14(2)18(23)17(11-13)19(24)22-8-5-15(6-9-22)21-16-4-3-7-20-12-16/h3-4,7,10-12,15,21,23H,5-6,8-9H2,1-2H3. The SMILES string of the molecule is Cc1cc(C)c(O)c(C(=O)N2CCC(Nc3cccnc3)CC2)c1. The third kappa shape index (κ3) is 3.50. The summed E-state index contributed by atoms with van der Waals surface area (Å²) in [5.74, 6) is 0.0142. The molecule has 0 atom stereocenters. The number of nitrogens with one attached hydrogen (secondary N) is 1. The summed E-state index contributed by atoms with van der Waals surface area (Å²) in [5.41, 5.74) is 3.15. The highest BCUT2D eigenvalue weighted by Gasteiger charge is 2.25. The first kappa shape index (κ1) is 16.3. The Morgan fingerprint density at radius 1 is 1.29 bits per heavy atom. The van der Waals surface area contributed by atoms with Crippen molar-refractivity contribution < 1.29 is 9.90 Å². The summed E-state index contributed by atoms with van der Waals surface area (Å²) in [6.07, 6.45) is 5.33. The number of phenols is 1. The molecule has 1 aromatic carbocycles. The van der Waals surface area contributed by atoms with E-state index in [0.717, 1.165) is 29.7 Å². The number of anilines is 1. The lowest BCUT2D eigenvalue weighted by atomic mass is 10.0. The Labute approximate surface area is 142 Å². The molecular weight excluding hydrogens is 302 g/mol. The molecule has 24 heavy (non-hydrogen) atoms. The van der Waals surface area contributed by atoms with Crippen LogP contribution in [0, 0.1) is 13.8 Å². The summed E-state index contributed by atoms with van der Waals surface area (Å²) in [6.45, 7) is 5.13. The molecule has 2 N–H and O–H groups in total. The molecule has 2 heterocycles. The van der Waals surface area contributed by atoms with Crippen molar-refractivity contribution in [2.75, 3.05) is 18.4 Å². The normalized spacial score (nSPS) is 15.3. The zero-order chi connectivity index (χ0) is 17.1. The third-order valence-corrected chi connectivity index (χ3v) is 4.49. The van der Waals surface area contributed by atoms with Crippen LogP contribution in [0.25, 0.3) is 0 Å². The predicted octanol–water partition coefficient (Wildman–Crippen LogP) is 3.12. The predicted molar refractivity (Wildman–Crippen MR) is 94.4 cm³/mol. The Bertz CT molecular complexity index is 723. The first-order valence-corrected chi connectivity index (χ1v) is 8.30. The van der Waals surface area contributed by atoms with Crippen LogP contribution in [0.15, 0.2) is 36.7 Å². The molecule has 3 rings (SSSR count). The van der Waals surface area contributed by atoms with Gasteiger partial charge >= 0.3 is 0 Å². The summed E-state index contributed by atoms with van der Waals surface area (Å²) in [7, 11) is 0. The number of hydrogen-bond acceptors (Lipinski definition) is 4. The molecule has 0 unspecified atom stereocenters. The molecule has 0 saturated carbocycles. The number of aromatic hydroxyl groups is 1. The van der Waals surface area contributed by atoms with E-state index in [1.54, 1.807) is 12.3 Å². The van der Waals surface area contributed by atoms with Crippen LogP contribution in [0.3, 0.4) is 0 Å². The number of hydrogen-bond donors (Lipinski definition) is 2. The fourth-order valence-corrected chi connectivity index (χ4v) is 3.20. The van der Waals surface area contributed by atoms with Crippen molar-refractivity contribution in [3.05, 3.63) is 53.3 Å². The summed E-state index contributed by atoms with van der Waals surface area (Å²) < 4.78 is 0. The van der Waals surface area contributed by atoms with Crippen LogP contribution in [0.1, 0.15) is 34.3 Å². The van der Waals surface area contributed by atoms with E-state index < -0.39 is 0 Å². The van der Waals surface area contributed by atoms with Crippen molar-refractivity contribution in [1.29, 1.82) is 0 Å². The minimum Gasteiger partial charge on any atom is -0.507 e. The fraction of sp³-hybridized carbons (Fsp3) is 0.368. The molecule has 1 aliphatic rings. The van der Waals surface area contributed by atoms with Gasteiger partial charge in [0.2, 0.25) is 0 Å². The largest absolute Gasteiger partial charge is 0.507 e. The molecular formula is C19H23N3O2. The molecule has 1 fully saturated rings. The Morgan fingerprint density at radius 3 is 2.71 bits per heavy atom. The number of piperidine rings is 1. The van der Waals surface area contributed by atoms with E-state index in [1.165, 1.54) is 0 Å². The number of aromatic nitrogens is 1. The average Bonchev–Trinajstić information content (AvgIpc) is 2.59. The highest BCUT2D eigenvalue weighted by molar-refractivity contribution is 5.97. The molecule has 1 amide bonds. The molecule has 0 bridgehead atoms. The lowest BCUT2D eigenvalue weighted by Gasteiger charge is -2.33. The van der Waals surface area contributed by atoms with Crippen molar-refractivity contribution in [3.8, 4) is 5.75 Å². The number of pyridine rings is 1. The van der Waals surface area contributed by atoms with Gasteiger partial charge in [0.05, 0.1) is 11.3 Å². The van der Waals surface area contributed by atoms with Gasteiger partial charge in [0.15, 0.2) is 0 Å². The van der Waals surface area contributed by atoms with Gasteiger partial charge in [0.25, 0.3) is 5.91 Å². The van der Waals surface area contributed by atoms with Gasteiger partial charge in [-0.1, -0.05) is 6.07 Å². The maximum atomic E-state index is 12.7. The highest BCUT2D eigenvalue weighted by atomic mass is 16.3. The Hall–Kier alpha value is -2.56. The van der Waals surface area contributed by atoms with Crippen molar-refractivity contribution in [1.82, 2.24) is 9.88 Å².